The molecule has 4 aromatic rings. The topological polar surface area (TPSA) is 48.3 Å². The molecule has 4 rings (SSSR count). The molecule has 0 amide bonds. The van der Waals surface area contributed by atoms with Crippen LogP contribution in [0.5, 0.6) is 5.75 Å². The summed E-state index contributed by atoms with van der Waals surface area (Å²) in [5, 5.41) is 0.590. The maximum atomic E-state index is 13.6. The van der Waals surface area contributed by atoms with Crippen molar-refractivity contribution in [3.63, 3.8) is 0 Å². The Morgan fingerprint density at radius 2 is 1.64 bits per heavy atom. The standard InChI is InChI=1S/C26H23ClFNO3S/c1-17-25(18(2)32-23-6-4-5-20(27)15-23)16-26(29(17)22-11-9-21(28)10-12-22)19-7-13-24(14-8-19)33(3,30)31/h4-16,18H,1-3H3. The Bertz CT molecular complexity index is 1390. The van der Waals surface area contributed by atoms with Crippen LogP contribution < -0.4 is 4.74 Å². The van der Waals surface area contributed by atoms with Crippen LogP contribution >= 0.6 is 11.6 Å². The van der Waals surface area contributed by atoms with E-state index in [-0.39, 0.29) is 16.8 Å². The van der Waals surface area contributed by atoms with Crippen molar-refractivity contribution in [3.05, 3.63) is 101 Å². The van der Waals surface area contributed by atoms with Crippen LogP contribution in [0.25, 0.3) is 16.9 Å². The van der Waals surface area contributed by atoms with Crippen LogP contribution in [0.2, 0.25) is 5.02 Å². The maximum absolute atomic E-state index is 13.6. The molecular weight excluding hydrogens is 461 g/mol. The molecule has 0 bridgehead atoms. The lowest BCUT2D eigenvalue weighted by Gasteiger charge is -2.16. The fourth-order valence-corrected chi connectivity index (χ4v) is 4.66. The minimum Gasteiger partial charge on any atom is -0.486 e. The molecule has 0 aliphatic heterocycles. The van der Waals surface area contributed by atoms with Crippen LogP contribution in [-0.2, 0) is 9.84 Å². The van der Waals surface area contributed by atoms with Gasteiger partial charge in [0, 0.05) is 28.2 Å². The summed E-state index contributed by atoms with van der Waals surface area (Å²) in [6, 6.07) is 22.2. The lowest BCUT2D eigenvalue weighted by atomic mass is 10.1. The third kappa shape index (κ3) is 4.97. The number of nitrogens with zero attached hydrogens (tertiary/aromatic N) is 1. The average Bonchev–Trinajstić information content (AvgIpc) is 3.11. The fourth-order valence-electron chi connectivity index (χ4n) is 3.85. The van der Waals surface area contributed by atoms with Gasteiger partial charge in [-0.15, -0.1) is 0 Å². The number of ether oxygens (including phenoxy) is 1. The Hall–Kier alpha value is -3.09. The summed E-state index contributed by atoms with van der Waals surface area (Å²) in [5.74, 6) is 0.337. The van der Waals surface area contributed by atoms with Gasteiger partial charge in [-0.05, 0) is 80.1 Å². The Morgan fingerprint density at radius 1 is 0.970 bits per heavy atom. The summed E-state index contributed by atoms with van der Waals surface area (Å²) < 4.78 is 45.5. The molecule has 1 heterocycles. The SMILES string of the molecule is Cc1c(C(C)Oc2cccc(Cl)c2)cc(-c2ccc(S(C)(=O)=O)cc2)n1-c1ccc(F)cc1. The van der Waals surface area contributed by atoms with Gasteiger partial charge in [-0.2, -0.15) is 0 Å². The van der Waals surface area contributed by atoms with Gasteiger partial charge in [0.25, 0.3) is 0 Å². The molecule has 0 saturated carbocycles. The van der Waals surface area contributed by atoms with Crippen LogP contribution in [0.4, 0.5) is 4.39 Å². The number of hydrogen-bond donors (Lipinski definition) is 0. The molecule has 0 spiro atoms. The minimum absolute atomic E-state index is 0.251. The number of halogens is 2. The van der Waals surface area contributed by atoms with E-state index in [0.717, 1.165) is 28.2 Å². The fraction of sp³-hybridized carbons (Fsp3) is 0.154. The Balaban J connectivity index is 1.81. The first-order valence-corrected chi connectivity index (χ1v) is 12.6. The van der Waals surface area contributed by atoms with E-state index >= 15 is 0 Å². The zero-order valence-electron chi connectivity index (χ0n) is 18.4. The van der Waals surface area contributed by atoms with Crippen molar-refractivity contribution >= 4 is 21.4 Å². The lowest BCUT2D eigenvalue weighted by molar-refractivity contribution is 0.226. The molecule has 170 valence electrons. The number of rotatable bonds is 6. The van der Waals surface area contributed by atoms with Crippen molar-refractivity contribution in [2.24, 2.45) is 0 Å². The Kier molecular flexibility index (Phi) is 6.32. The molecule has 3 aromatic carbocycles. The number of benzene rings is 3. The van der Waals surface area contributed by atoms with E-state index in [1.807, 2.05) is 36.6 Å². The van der Waals surface area contributed by atoms with E-state index < -0.39 is 9.84 Å². The van der Waals surface area contributed by atoms with E-state index in [0.29, 0.717) is 10.8 Å². The molecule has 0 saturated heterocycles. The molecule has 7 heteroatoms. The van der Waals surface area contributed by atoms with Gasteiger partial charge in [-0.1, -0.05) is 29.8 Å². The van der Waals surface area contributed by atoms with Gasteiger partial charge >= 0.3 is 0 Å². The average molecular weight is 484 g/mol. The summed E-state index contributed by atoms with van der Waals surface area (Å²) in [6.45, 7) is 3.93. The van der Waals surface area contributed by atoms with Crippen LogP contribution in [0.3, 0.4) is 0 Å². The van der Waals surface area contributed by atoms with E-state index in [1.165, 1.54) is 18.4 Å². The van der Waals surface area contributed by atoms with Crippen LogP contribution in [-0.4, -0.2) is 19.2 Å². The van der Waals surface area contributed by atoms with Crippen molar-refractivity contribution < 1.29 is 17.5 Å². The molecule has 4 nitrogen and oxygen atoms in total. The summed E-state index contributed by atoms with van der Waals surface area (Å²) >= 11 is 6.09. The van der Waals surface area contributed by atoms with Crippen molar-refractivity contribution in [2.75, 3.05) is 6.26 Å². The number of sulfone groups is 1. The molecule has 1 atom stereocenters. The number of hydrogen-bond acceptors (Lipinski definition) is 3. The highest BCUT2D eigenvalue weighted by atomic mass is 35.5. The maximum Gasteiger partial charge on any atom is 0.175 e. The van der Waals surface area contributed by atoms with Crippen molar-refractivity contribution in [2.45, 2.75) is 24.8 Å². The van der Waals surface area contributed by atoms with Gasteiger partial charge in [-0.3, -0.25) is 0 Å². The second-order valence-electron chi connectivity index (χ2n) is 7.90. The van der Waals surface area contributed by atoms with E-state index in [1.54, 1.807) is 48.5 Å². The van der Waals surface area contributed by atoms with Crippen LogP contribution in [0.1, 0.15) is 24.3 Å². The zero-order valence-corrected chi connectivity index (χ0v) is 20.0. The quantitative estimate of drug-likeness (QED) is 0.303. The largest absolute Gasteiger partial charge is 0.486 e. The highest BCUT2D eigenvalue weighted by Gasteiger charge is 2.20. The van der Waals surface area contributed by atoms with Crippen molar-refractivity contribution in [1.29, 1.82) is 0 Å². The highest BCUT2D eigenvalue weighted by Crippen LogP contribution is 2.35. The molecule has 1 aromatic heterocycles. The molecule has 0 aliphatic carbocycles. The molecular formula is C26H23ClFNO3S. The number of aromatic nitrogens is 1. The second kappa shape index (κ2) is 9.04. The second-order valence-corrected chi connectivity index (χ2v) is 10.3. The summed E-state index contributed by atoms with van der Waals surface area (Å²) in [7, 11) is -3.30. The van der Waals surface area contributed by atoms with Crippen LogP contribution in [0, 0.1) is 12.7 Å². The summed E-state index contributed by atoms with van der Waals surface area (Å²) in [6.07, 6.45) is 0.888. The van der Waals surface area contributed by atoms with Crippen molar-refractivity contribution in [3.8, 4) is 22.7 Å². The van der Waals surface area contributed by atoms with Gasteiger partial charge in [-0.25, -0.2) is 12.8 Å². The minimum atomic E-state index is -3.30. The monoisotopic (exact) mass is 483 g/mol. The highest BCUT2D eigenvalue weighted by molar-refractivity contribution is 7.90. The molecule has 0 N–H and O–H groups in total. The van der Waals surface area contributed by atoms with E-state index in [2.05, 4.69) is 0 Å². The molecule has 0 radical (unpaired) electrons. The summed E-state index contributed by atoms with van der Waals surface area (Å²) in [5.41, 5.74) is 4.34. The molecule has 33 heavy (non-hydrogen) atoms. The first kappa shape index (κ1) is 23.1. The van der Waals surface area contributed by atoms with E-state index in [4.69, 9.17) is 16.3 Å². The van der Waals surface area contributed by atoms with Crippen LogP contribution in [0.15, 0.2) is 83.8 Å². The van der Waals surface area contributed by atoms with E-state index in [9.17, 15) is 12.8 Å². The van der Waals surface area contributed by atoms with Gasteiger partial charge in [0.05, 0.1) is 10.6 Å². The van der Waals surface area contributed by atoms with Gasteiger partial charge in [0.15, 0.2) is 9.84 Å². The zero-order chi connectivity index (χ0) is 23.8. The van der Waals surface area contributed by atoms with Gasteiger partial charge < -0.3 is 9.30 Å². The normalized spacial score (nSPS) is 12.5. The smallest absolute Gasteiger partial charge is 0.175 e. The predicted molar refractivity (Wildman–Crippen MR) is 130 cm³/mol. The summed E-state index contributed by atoms with van der Waals surface area (Å²) in [4.78, 5) is 0.251. The first-order valence-electron chi connectivity index (χ1n) is 10.3. The van der Waals surface area contributed by atoms with Crippen molar-refractivity contribution in [1.82, 2.24) is 4.57 Å². The molecule has 0 aliphatic rings. The molecule has 0 fully saturated rings. The van der Waals surface area contributed by atoms with Gasteiger partial charge in [0.2, 0.25) is 0 Å². The van der Waals surface area contributed by atoms with Gasteiger partial charge in [0.1, 0.15) is 17.7 Å². The first-order chi connectivity index (χ1) is 15.6. The predicted octanol–water partition coefficient (Wildman–Crippen LogP) is 6.79. The lowest BCUT2D eigenvalue weighted by Crippen LogP contribution is -2.05. The Morgan fingerprint density at radius 3 is 2.24 bits per heavy atom. The Labute approximate surface area is 198 Å². The third-order valence-electron chi connectivity index (χ3n) is 5.50. The third-order valence-corrected chi connectivity index (χ3v) is 6.86. The molecule has 1 unspecified atom stereocenters.